The van der Waals surface area contributed by atoms with Crippen LogP contribution in [0.25, 0.3) is 0 Å². The minimum atomic E-state index is -1.20. The topological polar surface area (TPSA) is 92.5 Å². The number of piperazine rings is 1. The van der Waals surface area contributed by atoms with E-state index in [4.69, 9.17) is 25.5 Å². The number of ether oxygens (including phenoxy) is 2. The van der Waals surface area contributed by atoms with Crippen molar-refractivity contribution >= 4 is 23.5 Å². The van der Waals surface area contributed by atoms with E-state index in [1.165, 1.54) is 24.5 Å². The number of carbonyl (C=O) groups is 2. The monoisotopic (exact) mass is 516 g/mol. The van der Waals surface area contributed by atoms with Crippen molar-refractivity contribution in [1.82, 2.24) is 9.80 Å². The fourth-order valence-corrected chi connectivity index (χ4v) is 4.29. The normalized spacial score (nSPS) is 16.1. The van der Waals surface area contributed by atoms with Crippen molar-refractivity contribution in [3.63, 3.8) is 0 Å². The highest BCUT2D eigenvalue weighted by atomic mass is 35.5. The van der Waals surface area contributed by atoms with E-state index in [0.717, 1.165) is 5.56 Å². The molecule has 2 aromatic carbocycles. The molecule has 1 aliphatic heterocycles. The Morgan fingerprint density at radius 1 is 1.11 bits per heavy atom. The van der Waals surface area contributed by atoms with Crippen LogP contribution in [0.4, 0.5) is 4.39 Å². The Morgan fingerprint density at radius 2 is 1.89 bits per heavy atom. The molecule has 0 aliphatic carbocycles. The Hall–Kier alpha value is -3.56. The van der Waals surface area contributed by atoms with Gasteiger partial charge in [0.15, 0.2) is 18.1 Å². The molecule has 10 heteroatoms. The molecule has 1 aliphatic rings. The van der Waals surface area contributed by atoms with Crippen LogP contribution in [0.1, 0.15) is 28.6 Å². The summed E-state index contributed by atoms with van der Waals surface area (Å²) in [5, 5.41) is 9.59. The molecule has 0 spiro atoms. The maximum atomic E-state index is 13.2. The van der Waals surface area contributed by atoms with E-state index in [2.05, 4.69) is 4.90 Å². The summed E-state index contributed by atoms with van der Waals surface area (Å²) in [6, 6.07) is 12.7. The highest BCUT2D eigenvalue weighted by molar-refractivity contribution is 6.30. The van der Waals surface area contributed by atoms with Gasteiger partial charge in [-0.3, -0.25) is 9.69 Å². The summed E-state index contributed by atoms with van der Waals surface area (Å²) < 4.78 is 29.6. The molecule has 36 heavy (non-hydrogen) atoms. The number of benzene rings is 2. The summed E-state index contributed by atoms with van der Waals surface area (Å²) in [6.07, 6.45) is 1.27. The number of amides is 1. The highest BCUT2D eigenvalue weighted by Crippen LogP contribution is 2.31. The number of carboxylic acids is 1. The van der Waals surface area contributed by atoms with Gasteiger partial charge in [-0.2, -0.15) is 0 Å². The summed E-state index contributed by atoms with van der Waals surface area (Å²) in [5.74, 6) is -1.22. The van der Waals surface area contributed by atoms with Crippen molar-refractivity contribution in [1.29, 1.82) is 0 Å². The minimum absolute atomic E-state index is 0.0215. The maximum Gasteiger partial charge on any atom is 0.372 e. The summed E-state index contributed by atoms with van der Waals surface area (Å²) >= 11 is 6.10. The molecule has 3 aromatic rings. The van der Waals surface area contributed by atoms with Crippen molar-refractivity contribution in [3.05, 3.63) is 82.5 Å². The Labute approximate surface area is 212 Å². The molecule has 0 saturated carbocycles. The number of aromatic carboxylic acids is 1. The first-order valence-electron chi connectivity index (χ1n) is 11.4. The van der Waals surface area contributed by atoms with Crippen LogP contribution in [0.5, 0.6) is 11.5 Å². The third-order valence-electron chi connectivity index (χ3n) is 5.93. The Morgan fingerprint density at radius 3 is 2.61 bits per heavy atom. The number of rotatable bonds is 9. The van der Waals surface area contributed by atoms with Gasteiger partial charge in [0.1, 0.15) is 12.4 Å². The number of carboxylic acid groups (broad SMARTS) is 1. The minimum Gasteiger partial charge on any atom is -0.485 e. The van der Waals surface area contributed by atoms with Crippen LogP contribution in [-0.4, -0.2) is 59.1 Å². The van der Waals surface area contributed by atoms with Gasteiger partial charge in [-0.15, -0.1) is 0 Å². The van der Waals surface area contributed by atoms with Gasteiger partial charge in [-0.05, 0) is 42.8 Å². The largest absolute Gasteiger partial charge is 0.485 e. The van der Waals surface area contributed by atoms with Crippen molar-refractivity contribution < 1.29 is 33.0 Å². The first-order chi connectivity index (χ1) is 17.3. The molecule has 1 fully saturated rings. The van der Waals surface area contributed by atoms with Gasteiger partial charge < -0.3 is 23.9 Å². The van der Waals surface area contributed by atoms with Gasteiger partial charge in [0.25, 0.3) is 5.91 Å². The molecule has 1 N–H and O–H groups in total. The highest BCUT2D eigenvalue weighted by Gasteiger charge is 2.28. The van der Waals surface area contributed by atoms with E-state index in [9.17, 15) is 19.1 Å². The number of nitrogens with zero attached hydrogens (tertiary/aromatic N) is 2. The third-order valence-corrected chi connectivity index (χ3v) is 6.17. The second kappa shape index (κ2) is 11.5. The summed E-state index contributed by atoms with van der Waals surface area (Å²) in [6.45, 7) is 4.34. The van der Waals surface area contributed by atoms with Crippen LogP contribution in [0.3, 0.4) is 0 Å². The van der Waals surface area contributed by atoms with E-state index in [-0.39, 0.29) is 42.5 Å². The third kappa shape index (κ3) is 6.35. The molecule has 4 rings (SSSR count). The lowest BCUT2D eigenvalue weighted by atomic mass is 10.1. The number of hydrogen-bond acceptors (Lipinski definition) is 6. The predicted molar refractivity (Wildman–Crippen MR) is 130 cm³/mol. The zero-order valence-electron chi connectivity index (χ0n) is 19.7. The molecular formula is C26H26ClFN2O6. The first kappa shape index (κ1) is 25.5. The van der Waals surface area contributed by atoms with Gasteiger partial charge in [-0.25, -0.2) is 9.18 Å². The molecule has 1 unspecified atom stereocenters. The van der Waals surface area contributed by atoms with Crippen LogP contribution < -0.4 is 9.47 Å². The molecule has 0 bridgehead atoms. The molecular weight excluding hydrogens is 491 g/mol. The maximum absolute atomic E-state index is 13.2. The predicted octanol–water partition coefficient (Wildman–Crippen LogP) is 4.46. The van der Waals surface area contributed by atoms with Crippen LogP contribution in [0, 0.1) is 5.82 Å². The standard InChI is InChI=1S/C26H26ClFN2O6/c1-17-13-29(14-18-2-5-21(28)6-3-18)9-10-30(17)24(31)16-36-22-7-4-20(27)12-23(22)35-15-19-8-11-34-25(19)26(32)33/h2-8,11-12,17H,9-10,13-16H2,1H3,(H,32,33). The number of carbonyl (C=O) groups excluding carboxylic acids is 1. The quantitative estimate of drug-likeness (QED) is 0.449. The Balaban J connectivity index is 1.32. The average Bonchev–Trinajstić information content (AvgIpc) is 3.32. The lowest BCUT2D eigenvalue weighted by Gasteiger charge is -2.39. The van der Waals surface area contributed by atoms with Crippen molar-refractivity contribution in [3.8, 4) is 11.5 Å². The molecule has 1 aromatic heterocycles. The fourth-order valence-electron chi connectivity index (χ4n) is 4.12. The van der Waals surface area contributed by atoms with Crippen LogP contribution in [0.15, 0.2) is 59.2 Å². The SMILES string of the molecule is CC1CN(Cc2ccc(F)cc2)CCN1C(=O)COc1ccc(Cl)cc1OCc1ccoc1C(=O)O. The van der Waals surface area contributed by atoms with Crippen molar-refractivity contribution in [2.75, 3.05) is 26.2 Å². The summed E-state index contributed by atoms with van der Waals surface area (Å²) in [4.78, 5) is 28.2. The molecule has 0 radical (unpaired) electrons. The molecule has 8 nitrogen and oxygen atoms in total. The van der Waals surface area contributed by atoms with Crippen molar-refractivity contribution in [2.45, 2.75) is 26.1 Å². The van der Waals surface area contributed by atoms with E-state index in [1.807, 2.05) is 6.92 Å². The molecule has 1 saturated heterocycles. The lowest BCUT2D eigenvalue weighted by molar-refractivity contribution is -0.138. The van der Waals surface area contributed by atoms with Gasteiger partial charge in [-0.1, -0.05) is 23.7 Å². The molecule has 1 amide bonds. The van der Waals surface area contributed by atoms with Crippen LogP contribution >= 0.6 is 11.6 Å². The lowest BCUT2D eigenvalue weighted by Crippen LogP contribution is -2.54. The zero-order valence-corrected chi connectivity index (χ0v) is 20.4. The smallest absolute Gasteiger partial charge is 0.372 e. The summed E-state index contributed by atoms with van der Waals surface area (Å²) in [5.41, 5.74) is 1.38. The molecule has 2 heterocycles. The number of hydrogen-bond donors (Lipinski definition) is 1. The van der Waals surface area contributed by atoms with Gasteiger partial charge >= 0.3 is 5.97 Å². The number of furan rings is 1. The van der Waals surface area contributed by atoms with Gasteiger partial charge in [0.05, 0.1) is 6.26 Å². The van der Waals surface area contributed by atoms with Crippen LogP contribution in [-0.2, 0) is 17.9 Å². The van der Waals surface area contributed by atoms with E-state index < -0.39 is 5.97 Å². The van der Waals surface area contributed by atoms with Crippen molar-refractivity contribution in [2.24, 2.45) is 0 Å². The second-order valence-corrected chi connectivity index (χ2v) is 8.98. The average molecular weight is 517 g/mol. The van der Waals surface area contributed by atoms with Gasteiger partial charge in [0, 0.05) is 48.9 Å². The Kier molecular flexibility index (Phi) is 8.12. The Bertz CT molecular complexity index is 1220. The van der Waals surface area contributed by atoms with E-state index in [0.29, 0.717) is 42.5 Å². The fraction of sp³-hybridized carbons (Fsp3) is 0.308. The van der Waals surface area contributed by atoms with Gasteiger partial charge in [0.2, 0.25) is 5.76 Å². The molecule has 1 atom stereocenters. The first-order valence-corrected chi connectivity index (χ1v) is 11.8. The number of halogens is 2. The van der Waals surface area contributed by atoms with E-state index >= 15 is 0 Å². The molecule has 190 valence electrons. The summed E-state index contributed by atoms with van der Waals surface area (Å²) in [7, 11) is 0. The van der Waals surface area contributed by atoms with E-state index in [1.54, 1.807) is 35.2 Å². The zero-order chi connectivity index (χ0) is 25.7. The van der Waals surface area contributed by atoms with Crippen LogP contribution in [0.2, 0.25) is 5.02 Å². The second-order valence-electron chi connectivity index (χ2n) is 8.55.